The van der Waals surface area contributed by atoms with Gasteiger partial charge in [0.2, 0.25) is 5.91 Å². The van der Waals surface area contributed by atoms with E-state index in [4.69, 9.17) is 4.84 Å². The molecule has 0 aromatic heterocycles. The minimum atomic E-state index is -5.03. The Morgan fingerprint density at radius 2 is 1.47 bits per heavy atom. The first kappa shape index (κ1) is 32.5. The van der Waals surface area contributed by atoms with Gasteiger partial charge >= 0.3 is 18.4 Å². The summed E-state index contributed by atoms with van der Waals surface area (Å²) in [5.74, 6) is -0.448. The summed E-state index contributed by atoms with van der Waals surface area (Å²) in [5.41, 5.74) is -2.65. The van der Waals surface area contributed by atoms with Crippen molar-refractivity contribution in [3.05, 3.63) is 70.5 Å². The number of carbonyl (C=O) groups excluding carboxylic acids is 2. The van der Waals surface area contributed by atoms with Crippen LogP contribution in [0.4, 0.5) is 35.5 Å². The van der Waals surface area contributed by atoms with E-state index in [0.717, 1.165) is 4.90 Å². The number of alkyl halides is 6. The van der Waals surface area contributed by atoms with E-state index in [1.165, 1.54) is 38.1 Å². The molecule has 14 heteroatoms. The Hall–Kier alpha value is -3.39. The van der Waals surface area contributed by atoms with Crippen LogP contribution in [0, 0.1) is 5.82 Å². The van der Waals surface area contributed by atoms with Crippen molar-refractivity contribution in [2.45, 2.75) is 57.2 Å². The highest BCUT2D eigenvalue weighted by atomic mass is 19.4. The molecule has 2 aromatic rings. The van der Waals surface area contributed by atoms with Gasteiger partial charge in [0.25, 0.3) is 0 Å². The Balaban J connectivity index is 1.52. The Labute approximate surface area is 244 Å². The van der Waals surface area contributed by atoms with Gasteiger partial charge in [0.15, 0.2) is 0 Å². The second kappa shape index (κ2) is 12.7. The Morgan fingerprint density at radius 3 is 1.98 bits per heavy atom. The minimum absolute atomic E-state index is 0.00341. The molecule has 2 heterocycles. The predicted molar refractivity (Wildman–Crippen MR) is 142 cm³/mol. The summed E-state index contributed by atoms with van der Waals surface area (Å²) in [6.07, 6.45) is -9.94. The highest BCUT2D eigenvalue weighted by Gasteiger charge is 2.39. The number of hydrogen-bond acceptors (Lipinski definition) is 5. The topological polar surface area (TPSA) is 56.3 Å². The van der Waals surface area contributed by atoms with Crippen molar-refractivity contribution in [1.29, 1.82) is 0 Å². The molecule has 0 aliphatic carbocycles. The zero-order valence-electron chi connectivity index (χ0n) is 23.9. The van der Waals surface area contributed by atoms with Gasteiger partial charge in [0.05, 0.1) is 23.2 Å². The van der Waals surface area contributed by atoms with Crippen molar-refractivity contribution in [2.24, 2.45) is 0 Å². The van der Waals surface area contributed by atoms with E-state index in [1.54, 1.807) is 17.0 Å². The van der Waals surface area contributed by atoms with Crippen LogP contribution >= 0.6 is 0 Å². The maximum Gasteiger partial charge on any atom is 0.429 e. The normalized spacial score (nSPS) is 21.4. The summed E-state index contributed by atoms with van der Waals surface area (Å²) in [6, 6.07) is 5.29. The first-order valence-corrected chi connectivity index (χ1v) is 13.8. The molecular weight excluding hydrogens is 585 g/mol. The average molecular weight is 619 g/mol. The number of benzene rings is 2. The largest absolute Gasteiger partial charge is 0.429 e. The molecule has 0 N–H and O–H groups in total. The van der Waals surface area contributed by atoms with Crippen molar-refractivity contribution in [3.63, 3.8) is 0 Å². The molecule has 0 unspecified atom stereocenters. The molecule has 4 rings (SSSR count). The number of hydrogen-bond donors (Lipinski definition) is 0. The summed E-state index contributed by atoms with van der Waals surface area (Å²) in [4.78, 5) is 35.6. The van der Waals surface area contributed by atoms with Gasteiger partial charge in [-0.3, -0.25) is 9.69 Å². The zero-order valence-corrected chi connectivity index (χ0v) is 23.9. The number of piperidine rings is 1. The van der Waals surface area contributed by atoms with Gasteiger partial charge in [-0.1, -0.05) is 12.1 Å². The lowest BCUT2D eigenvalue weighted by atomic mass is 9.92. The van der Waals surface area contributed by atoms with E-state index in [-0.39, 0.29) is 30.1 Å². The van der Waals surface area contributed by atoms with E-state index < -0.39 is 47.5 Å². The van der Waals surface area contributed by atoms with Gasteiger partial charge < -0.3 is 14.6 Å². The molecule has 0 saturated carbocycles. The van der Waals surface area contributed by atoms with Gasteiger partial charge in [0.1, 0.15) is 5.82 Å². The van der Waals surface area contributed by atoms with Crippen LogP contribution in [0.25, 0.3) is 0 Å². The first-order valence-electron chi connectivity index (χ1n) is 13.8. The van der Waals surface area contributed by atoms with Crippen LogP contribution in [0.3, 0.4) is 0 Å². The van der Waals surface area contributed by atoms with Gasteiger partial charge in [-0.2, -0.15) is 26.3 Å². The lowest BCUT2D eigenvalue weighted by Crippen LogP contribution is -2.54. The summed E-state index contributed by atoms with van der Waals surface area (Å²) in [5, 5.41) is 1.42. The third-order valence-corrected chi connectivity index (χ3v) is 8.21. The van der Waals surface area contributed by atoms with Crippen molar-refractivity contribution in [2.75, 3.05) is 39.8 Å². The van der Waals surface area contributed by atoms with Crippen LogP contribution in [0.1, 0.15) is 61.0 Å². The average Bonchev–Trinajstić information content (AvgIpc) is 2.96. The maximum absolute atomic E-state index is 13.7. The lowest BCUT2D eigenvalue weighted by Gasteiger charge is -2.45. The predicted octanol–water partition coefficient (Wildman–Crippen LogP) is 6.28. The smallest absolute Gasteiger partial charge is 0.350 e. The van der Waals surface area contributed by atoms with Crippen molar-refractivity contribution >= 4 is 12.0 Å². The van der Waals surface area contributed by atoms with Crippen LogP contribution in [0.2, 0.25) is 0 Å². The number of nitrogens with zero attached hydrogens (tertiary/aromatic N) is 4. The summed E-state index contributed by atoms with van der Waals surface area (Å²) < 4.78 is 94.1. The van der Waals surface area contributed by atoms with Gasteiger partial charge in [-0.05, 0) is 61.2 Å². The van der Waals surface area contributed by atoms with Gasteiger partial charge in [-0.15, -0.1) is 5.06 Å². The Kier molecular flexibility index (Phi) is 9.60. The van der Waals surface area contributed by atoms with E-state index in [0.29, 0.717) is 56.7 Å². The molecule has 0 radical (unpaired) electrons. The molecule has 236 valence electrons. The summed E-state index contributed by atoms with van der Waals surface area (Å²) in [7, 11) is 1.23. The van der Waals surface area contributed by atoms with Crippen molar-refractivity contribution in [3.8, 4) is 0 Å². The molecule has 2 amide bonds. The number of hydroxylamine groups is 2. The third kappa shape index (κ3) is 7.77. The molecule has 43 heavy (non-hydrogen) atoms. The molecule has 2 aromatic carbocycles. The van der Waals surface area contributed by atoms with Crippen LogP contribution in [0.15, 0.2) is 42.5 Å². The van der Waals surface area contributed by atoms with Crippen molar-refractivity contribution in [1.82, 2.24) is 19.8 Å². The number of carbonyl (C=O) groups is 2. The molecular formula is C29H33F7N4O3. The van der Waals surface area contributed by atoms with Crippen LogP contribution < -0.4 is 0 Å². The fourth-order valence-corrected chi connectivity index (χ4v) is 5.52. The maximum atomic E-state index is 13.7. The lowest BCUT2D eigenvalue weighted by molar-refractivity contribution is -0.168. The van der Waals surface area contributed by atoms with Crippen molar-refractivity contribution < 1.29 is 45.2 Å². The number of rotatable bonds is 5. The monoisotopic (exact) mass is 618 g/mol. The molecule has 0 bridgehead atoms. The second-order valence-electron chi connectivity index (χ2n) is 10.9. The SMILES string of the molecule is CC(=O)N1CCN([C@H]2CCN(OC(=O)N(C)[C@H](C)c3cc(C(F)(F)F)cc(C(F)(F)F)c3)[C@@H](c3ccc(F)cc3)C2)CC1. The quantitative estimate of drug-likeness (QED) is 0.370. The number of amides is 2. The summed E-state index contributed by atoms with van der Waals surface area (Å²) >= 11 is 0. The van der Waals surface area contributed by atoms with E-state index in [9.17, 15) is 40.3 Å². The van der Waals surface area contributed by atoms with E-state index in [2.05, 4.69) is 4.90 Å². The molecule has 7 nitrogen and oxygen atoms in total. The fourth-order valence-electron chi connectivity index (χ4n) is 5.52. The first-order chi connectivity index (χ1) is 20.0. The molecule has 2 aliphatic heterocycles. The minimum Gasteiger partial charge on any atom is -0.350 e. The molecule has 0 spiro atoms. The standard InChI is InChI=1S/C29H33F7N4O3/c1-18(21-14-22(28(31,32)33)16-23(15-21)29(34,35)36)37(3)27(42)43-40-9-8-25(39-12-10-38(11-13-39)19(2)41)17-26(40)20-4-6-24(30)7-5-20/h4-7,14-16,18,25-26H,8-13,17H2,1-3H3/t18-,25+,26-/m1/s1. The molecule has 2 fully saturated rings. The van der Waals surface area contributed by atoms with E-state index >= 15 is 0 Å². The highest BCUT2D eigenvalue weighted by Crippen LogP contribution is 2.39. The fraction of sp³-hybridized carbons (Fsp3) is 0.517. The van der Waals surface area contributed by atoms with Crippen LogP contribution in [-0.4, -0.2) is 77.6 Å². The van der Waals surface area contributed by atoms with Gasteiger partial charge in [-0.25, -0.2) is 9.18 Å². The highest BCUT2D eigenvalue weighted by molar-refractivity contribution is 5.73. The summed E-state index contributed by atoms with van der Waals surface area (Å²) in [6.45, 7) is 5.60. The van der Waals surface area contributed by atoms with Crippen LogP contribution in [0.5, 0.6) is 0 Å². The number of halogens is 7. The second-order valence-corrected chi connectivity index (χ2v) is 10.9. The van der Waals surface area contributed by atoms with Crippen LogP contribution in [-0.2, 0) is 22.0 Å². The molecule has 2 aliphatic rings. The zero-order chi connectivity index (χ0) is 31.7. The van der Waals surface area contributed by atoms with Gasteiger partial charge in [0, 0.05) is 52.7 Å². The Morgan fingerprint density at radius 1 is 0.907 bits per heavy atom. The number of piperazine rings is 1. The van der Waals surface area contributed by atoms with E-state index in [1.807, 2.05) is 0 Å². The Bertz CT molecular complexity index is 1260. The molecule has 2 saturated heterocycles. The molecule has 3 atom stereocenters. The third-order valence-electron chi connectivity index (χ3n) is 8.21.